The standard InChI is InChI=1S/C40H39NO12S/c1-3-34(42)49-23-48-29-14-18-31(19-15-29)51-38(44)25-6-10-27(11-7-25)40(46)53-33-21-20-32(35-36(33)54-22-41-35)52-39(45)26-8-4-24(5-9-26)37(43)50-30-16-12-28(47-2)13-17-30/h3,12-22,24-27H,1,4-11,23H2,2H3. The minimum atomic E-state index is -0.602. The lowest BCUT2D eigenvalue weighted by Crippen LogP contribution is -2.30. The van der Waals surface area contributed by atoms with E-state index in [-0.39, 0.29) is 42.2 Å². The first-order chi connectivity index (χ1) is 26.2. The number of fused-ring (bicyclic) bond motifs is 1. The number of aromatic nitrogens is 1. The van der Waals surface area contributed by atoms with Crippen LogP contribution in [0.25, 0.3) is 10.2 Å². The Morgan fingerprint density at radius 3 is 1.54 bits per heavy atom. The molecule has 0 saturated heterocycles. The number of rotatable bonds is 13. The lowest BCUT2D eigenvalue weighted by Gasteiger charge is -2.26. The molecule has 6 rings (SSSR count). The van der Waals surface area contributed by atoms with Crippen molar-refractivity contribution in [3.05, 3.63) is 78.8 Å². The number of esters is 5. The second-order valence-corrected chi connectivity index (χ2v) is 13.8. The first-order valence-electron chi connectivity index (χ1n) is 17.6. The van der Waals surface area contributed by atoms with E-state index in [9.17, 15) is 24.0 Å². The summed E-state index contributed by atoms with van der Waals surface area (Å²) in [6.07, 6.45) is 4.84. The summed E-state index contributed by atoms with van der Waals surface area (Å²) in [7, 11) is 1.56. The molecule has 2 saturated carbocycles. The number of ether oxygens (including phenoxy) is 7. The molecule has 0 aliphatic heterocycles. The van der Waals surface area contributed by atoms with Crippen LogP contribution in [0.3, 0.4) is 0 Å². The van der Waals surface area contributed by atoms with Gasteiger partial charge in [0.15, 0.2) is 11.5 Å². The SMILES string of the molecule is C=CC(=O)OCOc1ccc(OC(=O)C2CCC(C(=O)Oc3ccc(OC(=O)C4CCC(C(=O)Oc5ccc(OC)cc5)CC4)c4ncsc34)CC2)cc1. The molecule has 54 heavy (non-hydrogen) atoms. The maximum absolute atomic E-state index is 13.2. The molecule has 14 heteroatoms. The van der Waals surface area contributed by atoms with Gasteiger partial charge in [0.05, 0.1) is 36.3 Å². The molecule has 13 nitrogen and oxygen atoms in total. The van der Waals surface area contributed by atoms with Crippen LogP contribution in [0.4, 0.5) is 0 Å². The molecule has 1 aromatic heterocycles. The minimum absolute atomic E-state index is 0.271. The van der Waals surface area contributed by atoms with Crippen LogP contribution in [-0.4, -0.2) is 48.7 Å². The largest absolute Gasteiger partial charge is 0.497 e. The highest BCUT2D eigenvalue weighted by Gasteiger charge is 2.34. The maximum atomic E-state index is 13.2. The number of hydrogen-bond donors (Lipinski definition) is 0. The van der Waals surface area contributed by atoms with Crippen LogP contribution in [0.5, 0.6) is 34.5 Å². The van der Waals surface area contributed by atoms with E-state index < -0.39 is 23.8 Å². The monoisotopic (exact) mass is 757 g/mol. The van der Waals surface area contributed by atoms with Gasteiger partial charge in [0, 0.05) is 6.08 Å². The van der Waals surface area contributed by atoms with Crippen molar-refractivity contribution in [1.82, 2.24) is 4.98 Å². The van der Waals surface area contributed by atoms with E-state index >= 15 is 0 Å². The Morgan fingerprint density at radius 1 is 0.630 bits per heavy atom. The van der Waals surface area contributed by atoms with Crippen molar-refractivity contribution < 1.29 is 57.1 Å². The van der Waals surface area contributed by atoms with Gasteiger partial charge in [-0.1, -0.05) is 6.58 Å². The third-order valence-electron chi connectivity index (χ3n) is 9.53. The van der Waals surface area contributed by atoms with Crippen molar-refractivity contribution in [3.63, 3.8) is 0 Å². The number of carbonyl (C=O) groups excluding carboxylic acids is 5. The molecule has 0 atom stereocenters. The summed E-state index contributed by atoms with van der Waals surface area (Å²) in [5.41, 5.74) is 2.01. The number of methoxy groups -OCH3 is 1. The van der Waals surface area contributed by atoms with Gasteiger partial charge in [-0.15, -0.1) is 11.3 Å². The van der Waals surface area contributed by atoms with E-state index in [1.165, 1.54) is 11.3 Å². The Labute approximate surface area is 315 Å². The topological polar surface area (TPSA) is 163 Å². The Morgan fingerprint density at radius 2 is 1.06 bits per heavy atom. The van der Waals surface area contributed by atoms with Crippen LogP contribution in [0.1, 0.15) is 51.4 Å². The van der Waals surface area contributed by atoms with Gasteiger partial charge in [-0.05, 0) is 112 Å². The second-order valence-electron chi connectivity index (χ2n) is 13.0. The average Bonchev–Trinajstić information content (AvgIpc) is 3.71. The zero-order valence-corrected chi connectivity index (χ0v) is 30.4. The van der Waals surface area contributed by atoms with Crippen LogP contribution in [0.15, 0.2) is 78.8 Å². The molecule has 282 valence electrons. The zero-order chi connectivity index (χ0) is 38.0. The summed E-state index contributed by atoms with van der Waals surface area (Å²) in [5.74, 6) is -1.10. The van der Waals surface area contributed by atoms with Crippen LogP contribution >= 0.6 is 11.3 Å². The fourth-order valence-electron chi connectivity index (χ4n) is 6.44. The third kappa shape index (κ3) is 9.61. The summed E-state index contributed by atoms with van der Waals surface area (Å²) in [4.78, 5) is 67.4. The first kappa shape index (κ1) is 38.0. The van der Waals surface area contributed by atoms with Gasteiger partial charge < -0.3 is 33.2 Å². The molecule has 4 aromatic rings. The number of carbonyl (C=O) groups is 5. The fourth-order valence-corrected chi connectivity index (χ4v) is 7.19. The highest BCUT2D eigenvalue weighted by molar-refractivity contribution is 7.17. The first-order valence-corrected chi connectivity index (χ1v) is 18.5. The van der Waals surface area contributed by atoms with Crippen molar-refractivity contribution in [2.24, 2.45) is 23.7 Å². The quantitative estimate of drug-likeness (QED) is 0.0593. The Kier molecular flexibility index (Phi) is 12.5. The van der Waals surface area contributed by atoms with E-state index in [2.05, 4.69) is 11.6 Å². The van der Waals surface area contributed by atoms with Gasteiger partial charge in [0.2, 0.25) is 6.79 Å². The summed E-state index contributed by atoms with van der Waals surface area (Å²) >= 11 is 1.27. The van der Waals surface area contributed by atoms with Crippen molar-refractivity contribution in [2.75, 3.05) is 13.9 Å². The van der Waals surface area contributed by atoms with Gasteiger partial charge in [-0.3, -0.25) is 19.2 Å². The van der Waals surface area contributed by atoms with E-state index in [1.807, 2.05) is 0 Å². The van der Waals surface area contributed by atoms with Crippen LogP contribution in [-0.2, 0) is 28.7 Å². The van der Waals surface area contributed by atoms with Crippen LogP contribution in [0, 0.1) is 23.7 Å². The molecular weight excluding hydrogens is 719 g/mol. The molecule has 0 N–H and O–H groups in total. The molecule has 0 spiro atoms. The summed E-state index contributed by atoms with van der Waals surface area (Å²) in [6, 6.07) is 16.3. The Bertz CT molecular complexity index is 1970. The molecule has 0 radical (unpaired) electrons. The fraction of sp³-hybridized carbons (Fsp3) is 0.350. The van der Waals surface area contributed by atoms with Gasteiger partial charge in [0.1, 0.15) is 33.2 Å². The third-order valence-corrected chi connectivity index (χ3v) is 10.4. The number of hydrogen-bond acceptors (Lipinski definition) is 14. The molecular formula is C40H39NO12S. The molecule has 0 bridgehead atoms. The highest BCUT2D eigenvalue weighted by Crippen LogP contribution is 2.39. The molecule has 0 amide bonds. The maximum Gasteiger partial charge on any atom is 0.333 e. The lowest BCUT2D eigenvalue weighted by atomic mass is 9.82. The highest BCUT2D eigenvalue weighted by atomic mass is 32.1. The van der Waals surface area contributed by atoms with Crippen molar-refractivity contribution in [3.8, 4) is 34.5 Å². The number of nitrogens with zero attached hydrogens (tertiary/aromatic N) is 1. The normalized spacial score (nSPS) is 19.5. The lowest BCUT2D eigenvalue weighted by molar-refractivity contribution is -0.145. The van der Waals surface area contributed by atoms with Gasteiger partial charge >= 0.3 is 29.8 Å². The summed E-state index contributed by atoms with van der Waals surface area (Å²) < 4.78 is 38.5. The van der Waals surface area contributed by atoms with Gasteiger partial charge in [0.25, 0.3) is 0 Å². The number of benzene rings is 3. The average molecular weight is 758 g/mol. The summed E-state index contributed by atoms with van der Waals surface area (Å²) in [5, 5.41) is 0. The van der Waals surface area contributed by atoms with Crippen molar-refractivity contribution in [1.29, 1.82) is 0 Å². The van der Waals surface area contributed by atoms with Gasteiger partial charge in [-0.2, -0.15) is 0 Å². The summed E-state index contributed by atoms with van der Waals surface area (Å²) in [6.45, 7) is 3.04. The predicted octanol–water partition coefficient (Wildman–Crippen LogP) is 7.01. The van der Waals surface area contributed by atoms with E-state index in [0.717, 1.165) is 6.08 Å². The van der Waals surface area contributed by atoms with E-state index in [0.29, 0.717) is 90.3 Å². The number of thiazole rings is 1. The van der Waals surface area contributed by atoms with E-state index in [4.69, 9.17) is 33.2 Å². The van der Waals surface area contributed by atoms with Crippen LogP contribution in [0.2, 0.25) is 0 Å². The Balaban J connectivity index is 0.949. The molecule has 3 aromatic carbocycles. The van der Waals surface area contributed by atoms with Crippen LogP contribution < -0.4 is 28.4 Å². The molecule has 2 aliphatic carbocycles. The van der Waals surface area contributed by atoms with Crippen molar-refractivity contribution in [2.45, 2.75) is 51.4 Å². The van der Waals surface area contributed by atoms with Crippen molar-refractivity contribution >= 4 is 51.4 Å². The minimum Gasteiger partial charge on any atom is -0.497 e. The molecule has 2 aliphatic rings. The molecule has 2 fully saturated rings. The Hall–Kier alpha value is -5.76. The van der Waals surface area contributed by atoms with E-state index in [1.54, 1.807) is 73.3 Å². The molecule has 1 heterocycles. The van der Waals surface area contributed by atoms with Gasteiger partial charge in [-0.25, -0.2) is 9.78 Å². The molecule has 0 unspecified atom stereocenters. The zero-order valence-electron chi connectivity index (χ0n) is 29.6. The second kappa shape index (κ2) is 17.8. The smallest absolute Gasteiger partial charge is 0.333 e. The predicted molar refractivity (Wildman–Crippen MR) is 194 cm³/mol.